The molecule has 1 aromatic carbocycles. The van der Waals surface area contributed by atoms with Crippen LogP contribution in [0, 0.1) is 13.8 Å². The molecular formula is C40H49N7O. The van der Waals surface area contributed by atoms with Gasteiger partial charge in [0.15, 0.2) is 0 Å². The van der Waals surface area contributed by atoms with E-state index in [1.54, 1.807) is 7.11 Å². The maximum Gasteiger partial charge on any atom is 0.128 e. The fourth-order valence-corrected chi connectivity index (χ4v) is 6.75. The Kier molecular flexibility index (Phi) is 11.0. The zero-order valence-electron chi connectivity index (χ0n) is 29.0. The van der Waals surface area contributed by atoms with Crippen LogP contribution in [-0.2, 0) is 32.7 Å². The Labute approximate surface area is 285 Å². The van der Waals surface area contributed by atoms with E-state index >= 15 is 0 Å². The molecule has 0 radical (unpaired) electrons. The lowest BCUT2D eigenvalue weighted by atomic mass is 10.1. The zero-order valence-corrected chi connectivity index (χ0v) is 29.0. The number of aryl methyl sites for hydroxylation is 6. The van der Waals surface area contributed by atoms with Crippen LogP contribution in [0.4, 0.5) is 11.6 Å². The molecule has 0 atom stereocenters. The predicted octanol–water partition coefficient (Wildman–Crippen LogP) is 7.35. The first-order chi connectivity index (χ1) is 23.5. The van der Waals surface area contributed by atoms with Gasteiger partial charge in [-0.25, -0.2) is 15.0 Å². The van der Waals surface area contributed by atoms with Gasteiger partial charge in [-0.2, -0.15) is 0 Å². The molecule has 8 heteroatoms. The molecule has 0 amide bonds. The standard InChI is InChI=1S/C21H24N4.C19H25N3O/c1-24-16-19(17-8-3-2-4-9-17)23-20(24)13-12-18-10-7-11-21(22-18)25-14-5-6-15-25;1-14-13-20-17(15(2)19(14)23-3)10-9-16-7-6-8-18(21-16)22-11-4-5-12-22/h2-4,7-11,16H,5-6,12-15H2,1H3;6-8,13H,4-5,9-12H2,1-3H3. The Balaban J connectivity index is 0.000000168. The lowest BCUT2D eigenvalue weighted by Crippen LogP contribution is -2.19. The van der Waals surface area contributed by atoms with Gasteiger partial charge in [-0.1, -0.05) is 42.5 Å². The number of imidazole rings is 1. The van der Waals surface area contributed by atoms with Gasteiger partial charge in [0.25, 0.3) is 0 Å². The molecule has 2 saturated heterocycles. The highest BCUT2D eigenvalue weighted by molar-refractivity contribution is 5.58. The fraction of sp³-hybridized carbons (Fsp3) is 0.400. The number of methoxy groups -OCH3 is 1. The van der Waals surface area contributed by atoms with Crippen molar-refractivity contribution >= 4 is 11.6 Å². The Morgan fingerprint density at radius 3 is 1.83 bits per heavy atom. The minimum Gasteiger partial charge on any atom is -0.496 e. The fourth-order valence-electron chi connectivity index (χ4n) is 6.75. The average Bonchev–Trinajstić information content (AvgIpc) is 3.92. The number of hydrogen-bond acceptors (Lipinski definition) is 7. The Hall–Kier alpha value is -4.72. The number of rotatable bonds is 10. The van der Waals surface area contributed by atoms with Crippen molar-refractivity contribution in [1.29, 1.82) is 0 Å². The van der Waals surface area contributed by atoms with Crippen LogP contribution >= 0.6 is 0 Å². The van der Waals surface area contributed by atoms with Crippen LogP contribution in [0.25, 0.3) is 11.3 Å². The number of aromatic nitrogens is 5. The third-order valence-electron chi connectivity index (χ3n) is 9.46. The molecule has 6 heterocycles. The van der Waals surface area contributed by atoms with Crippen LogP contribution < -0.4 is 14.5 Å². The Morgan fingerprint density at radius 2 is 1.25 bits per heavy atom. The molecule has 8 nitrogen and oxygen atoms in total. The number of anilines is 2. The van der Waals surface area contributed by atoms with E-state index in [-0.39, 0.29) is 0 Å². The second kappa shape index (κ2) is 15.9. The van der Waals surface area contributed by atoms with Crippen LogP contribution in [0.1, 0.15) is 59.7 Å². The summed E-state index contributed by atoms with van der Waals surface area (Å²) in [4.78, 5) is 23.8. The molecule has 0 saturated carbocycles. The summed E-state index contributed by atoms with van der Waals surface area (Å²) in [5, 5.41) is 0. The summed E-state index contributed by atoms with van der Waals surface area (Å²) in [5.41, 5.74) is 7.81. The number of hydrogen-bond donors (Lipinski definition) is 0. The Morgan fingerprint density at radius 1 is 0.667 bits per heavy atom. The lowest BCUT2D eigenvalue weighted by Gasteiger charge is -2.17. The first-order valence-corrected chi connectivity index (χ1v) is 17.5. The van der Waals surface area contributed by atoms with Gasteiger partial charge in [0.05, 0.1) is 12.8 Å². The van der Waals surface area contributed by atoms with Crippen molar-refractivity contribution in [2.24, 2.45) is 7.05 Å². The van der Waals surface area contributed by atoms with Gasteiger partial charge >= 0.3 is 0 Å². The first-order valence-electron chi connectivity index (χ1n) is 17.5. The molecule has 2 aliphatic heterocycles. The second-order valence-electron chi connectivity index (χ2n) is 12.9. The Bertz CT molecular complexity index is 1770. The van der Waals surface area contributed by atoms with Crippen LogP contribution in [0.5, 0.6) is 5.75 Å². The summed E-state index contributed by atoms with van der Waals surface area (Å²) in [5.74, 6) is 4.30. The maximum absolute atomic E-state index is 5.49. The quantitative estimate of drug-likeness (QED) is 0.158. The van der Waals surface area contributed by atoms with Crippen molar-refractivity contribution < 1.29 is 4.74 Å². The van der Waals surface area contributed by atoms with E-state index in [9.17, 15) is 0 Å². The van der Waals surface area contributed by atoms with Gasteiger partial charge in [0, 0.05) is 85.8 Å². The smallest absolute Gasteiger partial charge is 0.128 e. The molecule has 0 N–H and O–H groups in total. The topological polar surface area (TPSA) is 72.2 Å². The van der Waals surface area contributed by atoms with Gasteiger partial charge in [-0.15, -0.1) is 0 Å². The summed E-state index contributed by atoms with van der Waals surface area (Å²) >= 11 is 0. The van der Waals surface area contributed by atoms with Crippen molar-refractivity contribution in [3.05, 3.63) is 113 Å². The van der Waals surface area contributed by atoms with Crippen molar-refractivity contribution in [3.8, 4) is 17.0 Å². The largest absolute Gasteiger partial charge is 0.496 e. The van der Waals surface area contributed by atoms with Crippen LogP contribution in [-0.4, -0.2) is 57.8 Å². The molecule has 2 fully saturated rings. The van der Waals surface area contributed by atoms with Gasteiger partial charge in [-0.05, 0) is 83.1 Å². The monoisotopic (exact) mass is 643 g/mol. The predicted molar refractivity (Wildman–Crippen MR) is 195 cm³/mol. The van der Waals surface area contributed by atoms with Crippen LogP contribution in [0.15, 0.2) is 79.1 Å². The molecule has 48 heavy (non-hydrogen) atoms. The van der Waals surface area contributed by atoms with E-state index in [0.29, 0.717) is 0 Å². The molecule has 0 unspecified atom stereocenters. The third-order valence-corrected chi connectivity index (χ3v) is 9.46. The van der Waals surface area contributed by atoms with Crippen LogP contribution in [0.3, 0.4) is 0 Å². The summed E-state index contributed by atoms with van der Waals surface area (Å²) < 4.78 is 7.62. The zero-order chi connectivity index (χ0) is 33.3. The van der Waals surface area contributed by atoms with Crippen molar-refractivity contribution in [2.75, 3.05) is 43.1 Å². The van der Waals surface area contributed by atoms with Gasteiger partial charge < -0.3 is 19.1 Å². The third kappa shape index (κ3) is 8.22. The highest BCUT2D eigenvalue weighted by Crippen LogP contribution is 2.25. The molecule has 0 bridgehead atoms. The van der Waals surface area contributed by atoms with Crippen molar-refractivity contribution in [1.82, 2.24) is 24.5 Å². The summed E-state index contributed by atoms with van der Waals surface area (Å²) in [6, 6.07) is 23.1. The molecule has 0 spiro atoms. The number of benzene rings is 1. The number of ether oxygens (including phenoxy) is 1. The van der Waals surface area contributed by atoms with E-state index < -0.39 is 0 Å². The van der Waals surface area contributed by atoms with Crippen molar-refractivity contribution in [3.63, 3.8) is 0 Å². The average molecular weight is 644 g/mol. The first kappa shape index (κ1) is 33.2. The molecule has 250 valence electrons. The molecule has 5 aromatic rings. The van der Waals surface area contributed by atoms with Crippen LogP contribution in [0.2, 0.25) is 0 Å². The minimum absolute atomic E-state index is 0.888. The van der Waals surface area contributed by atoms with Gasteiger partial charge in [-0.3, -0.25) is 4.98 Å². The summed E-state index contributed by atoms with van der Waals surface area (Å²) in [7, 11) is 3.79. The highest BCUT2D eigenvalue weighted by atomic mass is 16.5. The normalized spacial score (nSPS) is 14.2. The summed E-state index contributed by atoms with van der Waals surface area (Å²) in [6.07, 6.45) is 12.7. The summed E-state index contributed by atoms with van der Waals surface area (Å²) in [6.45, 7) is 8.65. The van der Waals surface area contributed by atoms with Gasteiger partial charge in [0.2, 0.25) is 0 Å². The minimum atomic E-state index is 0.888. The maximum atomic E-state index is 5.49. The molecule has 4 aromatic heterocycles. The number of nitrogens with zero attached hydrogens (tertiary/aromatic N) is 7. The molecule has 0 aliphatic carbocycles. The van der Waals surface area contributed by atoms with E-state index in [0.717, 1.165) is 109 Å². The van der Waals surface area contributed by atoms with E-state index in [2.05, 4.69) is 100 Å². The molecular weight excluding hydrogens is 594 g/mol. The van der Waals surface area contributed by atoms with Gasteiger partial charge in [0.1, 0.15) is 23.2 Å². The lowest BCUT2D eigenvalue weighted by molar-refractivity contribution is 0.407. The van der Waals surface area contributed by atoms with Crippen molar-refractivity contribution in [2.45, 2.75) is 65.2 Å². The SMILES string of the molecule is COc1c(C)cnc(CCc2cccc(N3CCCC3)n2)c1C.Cn1cc(-c2ccccc2)nc1CCc1cccc(N2CCCC2)n1. The molecule has 7 rings (SSSR count). The molecule has 2 aliphatic rings. The van der Waals surface area contributed by atoms with E-state index in [1.807, 2.05) is 19.2 Å². The second-order valence-corrected chi connectivity index (χ2v) is 12.9. The number of pyridine rings is 3. The highest BCUT2D eigenvalue weighted by Gasteiger charge is 2.16. The van der Waals surface area contributed by atoms with E-state index in [4.69, 9.17) is 19.7 Å². The van der Waals surface area contributed by atoms with E-state index in [1.165, 1.54) is 31.2 Å².